The van der Waals surface area contributed by atoms with Crippen LogP contribution in [0.4, 0.5) is 0 Å². The predicted molar refractivity (Wildman–Crippen MR) is 65.5 cm³/mol. The van der Waals surface area contributed by atoms with Gasteiger partial charge in [-0.3, -0.25) is 19.3 Å². The van der Waals surface area contributed by atoms with Crippen molar-refractivity contribution in [1.29, 1.82) is 0 Å². The standard InChI is InChI=1S/C13H18N2O3/c16-11(14-10-4-2-1-3-5-10)8-9-15-12(17)6-7-13(15)18/h2,4,10H,1,3,5-9H2,(H,14,16). The Balaban J connectivity index is 1.74. The van der Waals surface area contributed by atoms with Crippen LogP contribution >= 0.6 is 0 Å². The van der Waals surface area contributed by atoms with Crippen LogP contribution in [0.2, 0.25) is 0 Å². The number of hydrogen-bond donors (Lipinski definition) is 1. The van der Waals surface area contributed by atoms with Crippen molar-refractivity contribution in [2.75, 3.05) is 6.54 Å². The van der Waals surface area contributed by atoms with E-state index in [-0.39, 0.29) is 49.6 Å². The molecule has 0 aromatic rings. The Morgan fingerprint density at radius 1 is 1.33 bits per heavy atom. The number of imide groups is 1. The number of carbonyl (C=O) groups is 3. The van der Waals surface area contributed by atoms with Crippen molar-refractivity contribution in [1.82, 2.24) is 10.2 Å². The largest absolute Gasteiger partial charge is 0.350 e. The quantitative estimate of drug-likeness (QED) is 0.591. The van der Waals surface area contributed by atoms with Gasteiger partial charge in [-0.2, -0.15) is 0 Å². The van der Waals surface area contributed by atoms with Gasteiger partial charge in [0.1, 0.15) is 0 Å². The summed E-state index contributed by atoms with van der Waals surface area (Å²) in [5.41, 5.74) is 0. The number of carbonyl (C=O) groups excluding carboxylic acids is 3. The van der Waals surface area contributed by atoms with Crippen LogP contribution in [0.3, 0.4) is 0 Å². The number of nitrogens with zero attached hydrogens (tertiary/aromatic N) is 1. The monoisotopic (exact) mass is 250 g/mol. The topological polar surface area (TPSA) is 66.5 Å². The molecule has 0 bridgehead atoms. The summed E-state index contributed by atoms with van der Waals surface area (Å²) >= 11 is 0. The van der Waals surface area contributed by atoms with Gasteiger partial charge in [-0.05, 0) is 19.3 Å². The van der Waals surface area contributed by atoms with Crippen LogP contribution in [0.5, 0.6) is 0 Å². The van der Waals surface area contributed by atoms with E-state index in [4.69, 9.17) is 0 Å². The molecule has 1 aliphatic carbocycles. The molecule has 0 aromatic carbocycles. The summed E-state index contributed by atoms with van der Waals surface area (Å²) in [5, 5.41) is 2.90. The maximum atomic E-state index is 11.7. The number of rotatable bonds is 4. The highest BCUT2D eigenvalue weighted by Gasteiger charge is 2.28. The van der Waals surface area contributed by atoms with Gasteiger partial charge >= 0.3 is 0 Å². The summed E-state index contributed by atoms with van der Waals surface area (Å²) in [6.07, 6.45) is 7.96. The van der Waals surface area contributed by atoms with Gasteiger partial charge in [0.2, 0.25) is 17.7 Å². The molecule has 1 N–H and O–H groups in total. The second-order valence-electron chi connectivity index (χ2n) is 4.72. The van der Waals surface area contributed by atoms with Gasteiger partial charge in [0, 0.05) is 31.8 Å². The normalized spacial score (nSPS) is 23.6. The molecule has 2 rings (SSSR count). The van der Waals surface area contributed by atoms with E-state index >= 15 is 0 Å². The van der Waals surface area contributed by atoms with Gasteiger partial charge in [-0.15, -0.1) is 0 Å². The highest BCUT2D eigenvalue weighted by Crippen LogP contribution is 2.13. The fraction of sp³-hybridized carbons (Fsp3) is 0.615. The summed E-state index contributed by atoms with van der Waals surface area (Å²) in [7, 11) is 0. The average Bonchev–Trinajstić information content (AvgIpc) is 2.68. The van der Waals surface area contributed by atoms with Gasteiger partial charge in [0.05, 0.1) is 0 Å². The first-order valence-corrected chi connectivity index (χ1v) is 6.46. The summed E-state index contributed by atoms with van der Waals surface area (Å²) in [5.74, 6) is -0.422. The number of hydrogen-bond acceptors (Lipinski definition) is 3. The van der Waals surface area contributed by atoms with Gasteiger partial charge in [0.15, 0.2) is 0 Å². The van der Waals surface area contributed by atoms with Gasteiger partial charge < -0.3 is 5.32 Å². The highest BCUT2D eigenvalue weighted by atomic mass is 16.2. The molecular formula is C13H18N2O3. The van der Waals surface area contributed by atoms with E-state index in [9.17, 15) is 14.4 Å². The molecule has 1 fully saturated rings. The Hall–Kier alpha value is -1.65. The lowest BCUT2D eigenvalue weighted by molar-refractivity contribution is -0.138. The Kier molecular flexibility index (Phi) is 4.12. The minimum atomic E-state index is -0.162. The van der Waals surface area contributed by atoms with Gasteiger partial charge in [0.25, 0.3) is 0 Å². The summed E-state index contributed by atoms with van der Waals surface area (Å²) in [6.45, 7) is 0.208. The third-order valence-electron chi connectivity index (χ3n) is 3.32. The number of likely N-dealkylation sites (tertiary alicyclic amines) is 1. The first-order chi connectivity index (χ1) is 8.66. The van der Waals surface area contributed by atoms with Gasteiger partial charge in [-0.1, -0.05) is 12.2 Å². The van der Waals surface area contributed by atoms with Crippen LogP contribution in [0.15, 0.2) is 12.2 Å². The molecule has 0 radical (unpaired) electrons. The number of nitrogens with one attached hydrogen (secondary N) is 1. The van der Waals surface area contributed by atoms with Crippen LogP contribution in [0.25, 0.3) is 0 Å². The molecule has 1 heterocycles. The van der Waals surface area contributed by atoms with Crippen LogP contribution in [-0.2, 0) is 14.4 Å². The highest BCUT2D eigenvalue weighted by molar-refractivity contribution is 6.02. The summed E-state index contributed by atoms with van der Waals surface area (Å²) in [4.78, 5) is 35.6. The van der Waals surface area contributed by atoms with E-state index in [0.29, 0.717) is 0 Å². The van der Waals surface area contributed by atoms with Crippen LogP contribution in [-0.4, -0.2) is 35.2 Å². The molecule has 18 heavy (non-hydrogen) atoms. The first kappa shape index (κ1) is 12.8. The zero-order valence-electron chi connectivity index (χ0n) is 10.4. The minimum absolute atomic E-state index is 0.0981. The van der Waals surface area contributed by atoms with E-state index in [1.165, 1.54) is 4.90 Å². The SMILES string of the molecule is O=C(CCN1C(=O)CCC1=O)NC1C=CCCC1. The molecule has 98 valence electrons. The van der Waals surface area contributed by atoms with Crippen LogP contribution < -0.4 is 5.32 Å². The zero-order valence-corrected chi connectivity index (χ0v) is 10.4. The maximum Gasteiger partial charge on any atom is 0.229 e. The maximum absolute atomic E-state index is 11.7. The third-order valence-corrected chi connectivity index (χ3v) is 3.32. The Labute approximate surface area is 106 Å². The van der Waals surface area contributed by atoms with E-state index in [0.717, 1.165) is 19.3 Å². The van der Waals surface area contributed by atoms with Crippen molar-refractivity contribution in [2.45, 2.75) is 44.6 Å². The van der Waals surface area contributed by atoms with Crippen molar-refractivity contribution < 1.29 is 14.4 Å². The van der Waals surface area contributed by atoms with Crippen molar-refractivity contribution >= 4 is 17.7 Å². The molecule has 1 saturated heterocycles. The lowest BCUT2D eigenvalue weighted by Gasteiger charge is -2.19. The Morgan fingerprint density at radius 2 is 2.06 bits per heavy atom. The van der Waals surface area contributed by atoms with Gasteiger partial charge in [-0.25, -0.2) is 0 Å². The molecule has 2 aliphatic rings. The van der Waals surface area contributed by atoms with E-state index < -0.39 is 0 Å². The second kappa shape index (κ2) is 5.80. The summed E-state index contributed by atoms with van der Waals surface area (Å²) < 4.78 is 0. The zero-order chi connectivity index (χ0) is 13.0. The van der Waals surface area contributed by atoms with E-state index in [1.54, 1.807) is 0 Å². The van der Waals surface area contributed by atoms with Crippen molar-refractivity contribution in [3.8, 4) is 0 Å². The molecule has 0 spiro atoms. The predicted octanol–water partition coefficient (Wildman–Crippen LogP) is 0.750. The smallest absolute Gasteiger partial charge is 0.229 e. The molecule has 3 amide bonds. The second-order valence-corrected chi connectivity index (χ2v) is 4.72. The Bertz CT molecular complexity index is 374. The molecule has 5 heteroatoms. The summed E-state index contributed by atoms with van der Waals surface area (Å²) in [6, 6.07) is 0.108. The fourth-order valence-electron chi connectivity index (χ4n) is 2.30. The first-order valence-electron chi connectivity index (χ1n) is 6.46. The van der Waals surface area contributed by atoms with Crippen molar-refractivity contribution in [2.24, 2.45) is 0 Å². The Morgan fingerprint density at radius 3 is 2.67 bits per heavy atom. The molecule has 0 aromatic heterocycles. The molecule has 5 nitrogen and oxygen atoms in total. The fourth-order valence-corrected chi connectivity index (χ4v) is 2.30. The van der Waals surface area contributed by atoms with Crippen LogP contribution in [0.1, 0.15) is 38.5 Å². The van der Waals surface area contributed by atoms with E-state index in [1.807, 2.05) is 6.08 Å². The number of allylic oxidation sites excluding steroid dienone is 1. The van der Waals surface area contributed by atoms with Crippen molar-refractivity contribution in [3.05, 3.63) is 12.2 Å². The molecule has 0 saturated carbocycles. The van der Waals surface area contributed by atoms with Crippen molar-refractivity contribution in [3.63, 3.8) is 0 Å². The molecular weight excluding hydrogens is 232 g/mol. The average molecular weight is 250 g/mol. The molecule has 1 aliphatic heterocycles. The minimum Gasteiger partial charge on any atom is -0.350 e. The number of amides is 3. The van der Waals surface area contributed by atoms with E-state index in [2.05, 4.69) is 11.4 Å². The lowest BCUT2D eigenvalue weighted by atomic mass is 10.0. The molecule has 1 atom stereocenters. The third kappa shape index (κ3) is 3.18. The van der Waals surface area contributed by atoms with Crippen LogP contribution in [0, 0.1) is 0 Å². The lowest BCUT2D eigenvalue weighted by Crippen LogP contribution is -2.38. The molecule has 1 unspecified atom stereocenters.